The lowest BCUT2D eigenvalue weighted by Crippen LogP contribution is -2.41. The van der Waals surface area contributed by atoms with Gasteiger partial charge in [0.15, 0.2) is 0 Å². The van der Waals surface area contributed by atoms with E-state index >= 15 is 0 Å². The molecule has 0 aromatic heterocycles. The number of likely N-dealkylation sites (N-methyl/N-ethyl adjacent to an activating group) is 1. The molecule has 37 heavy (non-hydrogen) atoms. The van der Waals surface area contributed by atoms with Crippen LogP contribution in [-0.2, 0) is 16.1 Å². The third kappa shape index (κ3) is 6.09. The van der Waals surface area contributed by atoms with Gasteiger partial charge in [-0.15, -0.1) is 0 Å². The number of hydroxylamine groups is 1. The van der Waals surface area contributed by atoms with E-state index in [0.717, 1.165) is 16.3 Å². The molecular weight excluding hydrogens is 466 g/mol. The van der Waals surface area contributed by atoms with Crippen LogP contribution in [0, 0.1) is 0 Å². The van der Waals surface area contributed by atoms with Crippen LogP contribution in [0.25, 0.3) is 16.8 Å². The minimum Gasteiger partial charge on any atom is -0.350 e. The minimum absolute atomic E-state index is 0.278. The first-order valence-corrected chi connectivity index (χ1v) is 11.8. The van der Waals surface area contributed by atoms with Gasteiger partial charge in [-0.05, 0) is 39.6 Å². The molecule has 0 saturated carbocycles. The highest BCUT2D eigenvalue weighted by molar-refractivity contribution is 6.08. The third-order valence-electron chi connectivity index (χ3n) is 6.08. The summed E-state index contributed by atoms with van der Waals surface area (Å²) in [7, 11) is 1.62. The summed E-state index contributed by atoms with van der Waals surface area (Å²) < 4.78 is 0. The molecule has 1 unspecified atom stereocenters. The Morgan fingerprint density at radius 1 is 0.865 bits per heavy atom. The van der Waals surface area contributed by atoms with E-state index in [4.69, 9.17) is 5.21 Å². The van der Waals surface area contributed by atoms with Crippen LogP contribution in [0.1, 0.15) is 33.1 Å². The highest BCUT2D eigenvalue weighted by atomic mass is 16.5. The second-order valence-corrected chi connectivity index (χ2v) is 8.52. The fourth-order valence-corrected chi connectivity index (χ4v) is 4.15. The Hall–Kier alpha value is -4.75. The number of nitrogens with zero attached hydrogens (tertiary/aromatic N) is 1. The van der Waals surface area contributed by atoms with Crippen molar-refractivity contribution >= 4 is 34.6 Å². The zero-order valence-electron chi connectivity index (χ0n) is 20.3. The van der Waals surface area contributed by atoms with Gasteiger partial charge in [0, 0.05) is 25.2 Å². The summed E-state index contributed by atoms with van der Waals surface area (Å²) in [5.74, 6) is -1.24. The molecule has 0 bridgehead atoms. The predicted molar refractivity (Wildman–Crippen MR) is 142 cm³/mol. The third-order valence-corrected chi connectivity index (χ3v) is 6.08. The van der Waals surface area contributed by atoms with Gasteiger partial charge in [0.1, 0.15) is 6.04 Å². The van der Waals surface area contributed by atoms with Crippen molar-refractivity contribution < 1.29 is 19.6 Å². The Bertz CT molecular complexity index is 1430. The number of rotatable bonds is 8. The average Bonchev–Trinajstić information content (AvgIpc) is 2.95. The molecule has 0 fully saturated rings. The molecule has 1 atom stereocenters. The first-order valence-electron chi connectivity index (χ1n) is 11.8. The topological polar surface area (TPSA) is 98.7 Å². The lowest BCUT2D eigenvalue weighted by atomic mass is 9.99. The van der Waals surface area contributed by atoms with E-state index in [1.165, 1.54) is 17.1 Å². The highest BCUT2D eigenvalue weighted by Crippen LogP contribution is 2.26. The van der Waals surface area contributed by atoms with E-state index in [9.17, 15) is 14.4 Å². The number of hydrogen-bond donors (Lipinski definition) is 3. The van der Waals surface area contributed by atoms with E-state index < -0.39 is 11.9 Å². The van der Waals surface area contributed by atoms with Crippen LogP contribution >= 0.6 is 0 Å². The van der Waals surface area contributed by atoms with Gasteiger partial charge in [-0.1, -0.05) is 91.0 Å². The van der Waals surface area contributed by atoms with Crippen molar-refractivity contribution in [3.8, 4) is 0 Å². The molecule has 0 aliphatic rings. The molecule has 4 aromatic carbocycles. The van der Waals surface area contributed by atoms with Crippen LogP contribution in [0.15, 0.2) is 103 Å². The average molecular weight is 494 g/mol. The van der Waals surface area contributed by atoms with Crippen molar-refractivity contribution in [2.45, 2.75) is 12.6 Å². The van der Waals surface area contributed by atoms with Crippen molar-refractivity contribution in [1.29, 1.82) is 0 Å². The molecule has 0 radical (unpaired) electrons. The van der Waals surface area contributed by atoms with Gasteiger partial charge in [-0.3, -0.25) is 19.6 Å². The highest BCUT2D eigenvalue weighted by Gasteiger charge is 2.30. The molecule has 0 spiro atoms. The molecular formula is C30H27N3O4. The van der Waals surface area contributed by atoms with Crippen molar-refractivity contribution in [3.63, 3.8) is 0 Å². The SMILES string of the molecule is CN(C(=O)c1cccc2ccccc12)C(C(=O)NCc1ccccc1)c1ccc(/C=C/C(=O)NO)cc1. The second-order valence-electron chi connectivity index (χ2n) is 8.52. The Labute approximate surface area is 215 Å². The van der Waals surface area contributed by atoms with Gasteiger partial charge in [-0.2, -0.15) is 0 Å². The quantitative estimate of drug-likeness (QED) is 0.191. The van der Waals surface area contributed by atoms with Crippen molar-refractivity contribution in [2.75, 3.05) is 7.05 Å². The lowest BCUT2D eigenvalue weighted by Gasteiger charge is -2.28. The van der Waals surface area contributed by atoms with Gasteiger partial charge in [0.2, 0.25) is 5.91 Å². The summed E-state index contributed by atoms with van der Waals surface area (Å²) in [4.78, 5) is 39.9. The second kappa shape index (κ2) is 11.8. The smallest absolute Gasteiger partial charge is 0.267 e. The van der Waals surface area contributed by atoms with Gasteiger partial charge >= 0.3 is 0 Å². The van der Waals surface area contributed by atoms with Crippen molar-refractivity contribution in [1.82, 2.24) is 15.7 Å². The number of fused-ring (bicyclic) bond motifs is 1. The van der Waals surface area contributed by atoms with E-state index in [0.29, 0.717) is 23.2 Å². The van der Waals surface area contributed by atoms with Crippen molar-refractivity contribution in [2.24, 2.45) is 0 Å². The van der Waals surface area contributed by atoms with E-state index in [2.05, 4.69) is 5.32 Å². The number of nitrogens with one attached hydrogen (secondary N) is 2. The maximum absolute atomic E-state index is 13.7. The number of carbonyl (C=O) groups is 3. The van der Waals surface area contributed by atoms with Crippen LogP contribution in [0.2, 0.25) is 0 Å². The number of hydrogen-bond acceptors (Lipinski definition) is 4. The maximum atomic E-state index is 13.7. The first-order chi connectivity index (χ1) is 18.0. The minimum atomic E-state index is -0.894. The molecule has 7 heteroatoms. The fraction of sp³-hybridized carbons (Fsp3) is 0.100. The standard InChI is InChI=1S/C30H27N3O4/c1-33(30(36)26-13-7-11-23-10-5-6-12-25(23)26)28(29(35)31-20-22-8-3-2-4-9-22)24-17-14-21(15-18-24)16-19-27(34)32-37/h2-19,28,37H,20H2,1H3,(H,31,35)(H,32,34)/b19-16+. The first kappa shape index (κ1) is 25.3. The summed E-state index contributed by atoms with van der Waals surface area (Å²) in [5, 5.41) is 13.4. The fourth-order valence-electron chi connectivity index (χ4n) is 4.15. The Morgan fingerprint density at radius 2 is 1.54 bits per heavy atom. The van der Waals surface area contributed by atoms with Crippen LogP contribution < -0.4 is 10.8 Å². The number of carbonyl (C=O) groups excluding carboxylic acids is 3. The van der Waals surface area contributed by atoms with E-state index in [1.54, 1.807) is 42.9 Å². The number of amides is 3. The van der Waals surface area contributed by atoms with Crippen LogP contribution in [0.4, 0.5) is 0 Å². The Balaban J connectivity index is 1.65. The summed E-state index contributed by atoms with van der Waals surface area (Å²) in [5.41, 5.74) is 4.30. The summed E-state index contributed by atoms with van der Waals surface area (Å²) in [6.07, 6.45) is 2.72. The van der Waals surface area contributed by atoms with Gasteiger partial charge < -0.3 is 10.2 Å². The molecule has 186 valence electrons. The van der Waals surface area contributed by atoms with Gasteiger partial charge in [-0.25, -0.2) is 5.48 Å². The van der Waals surface area contributed by atoms with Gasteiger partial charge in [0.25, 0.3) is 11.8 Å². The monoisotopic (exact) mass is 493 g/mol. The largest absolute Gasteiger partial charge is 0.350 e. The van der Waals surface area contributed by atoms with Crippen LogP contribution in [0.3, 0.4) is 0 Å². The molecule has 0 aliphatic carbocycles. The molecule has 7 nitrogen and oxygen atoms in total. The van der Waals surface area contributed by atoms with Gasteiger partial charge in [0.05, 0.1) is 0 Å². The molecule has 0 saturated heterocycles. The maximum Gasteiger partial charge on any atom is 0.267 e. The lowest BCUT2D eigenvalue weighted by molar-refractivity contribution is -0.126. The Kier molecular flexibility index (Phi) is 8.08. The molecule has 0 heterocycles. The molecule has 4 rings (SSSR count). The molecule has 3 N–H and O–H groups in total. The predicted octanol–water partition coefficient (Wildman–Crippen LogP) is 4.49. The summed E-state index contributed by atoms with van der Waals surface area (Å²) >= 11 is 0. The van der Waals surface area contributed by atoms with Crippen LogP contribution in [-0.4, -0.2) is 34.9 Å². The van der Waals surface area contributed by atoms with E-state index in [-0.39, 0.29) is 11.8 Å². The Morgan fingerprint density at radius 3 is 2.27 bits per heavy atom. The summed E-state index contributed by atoms with van der Waals surface area (Å²) in [6, 6.07) is 28.8. The molecule has 0 aliphatic heterocycles. The zero-order valence-corrected chi connectivity index (χ0v) is 20.3. The summed E-state index contributed by atoms with van der Waals surface area (Å²) in [6.45, 7) is 0.323. The van der Waals surface area contributed by atoms with E-state index in [1.807, 2.05) is 66.7 Å². The van der Waals surface area contributed by atoms with Crippen LogP contribution in [0.5, 0.6) is 0 Å². The molecule has 4 aromatic rings. The molecule has 3 amide bonds. The zero-order chi connectivity index (χ0) is 26.2. The van der Waals surface area contributed by atoms with Crippen molar-refractivity contribution in [3.05, 3.63) is 125 Å². The normalized spacial score (nSPS) is 11.7. The number of benzene rings is 4.